The fraction of sp³-hybridized carbons (Fsp3) is 0.160. The van der Waals surface area contributed by atoms with Crippen LogP contribution in [0, 0.1) is 6.92 Å². The van der Waals surface area contributed by atoms with E-state index in [2.05, 4.69) is 20.8 Å². The molecule has 0 aliphatic carbocycles. The number of benzene rings is 3. The number of para-hydroxylation sites is 1. The number of anilines is 2. The predicted octanol–water partition coefficient (Wildman–Crippen LogP) is 5.31. The summed E-state index contributed by atoms with van der Waals surface area (Å²) in [6.45, 7) is 4.88. The van der Waals surface area contributed by atoms with E-state index >= 15 is 0 Å². The van der Waals surface area contributed by atoms with Gasteiger partial charge in [0.15, 0.2) is 0 Å². The number of amides is 1. The number of nitrogens with one attached hydrogen (secondary N) is 2. The number of hydrogen-bond acceptors (Lipinski definition) is 6. The minimum absolute atomic E-state index is 0.171. The summed E-state index contributed by atoms with van der Waals surface area (Å²) in [6, 6.07) is 22.4. The zero-order valence-corrected chi connectivity index (χ0v) is 18.0. The second-order valence-corrected chi connectivity index (χ2v) is 7.17. The van der Waals surface area contributed by atoms with Crippen LogP contribution >= 0.6 is 0 Å². The van der Waals surface area contributed by atoms with Crippen LogP contribution in [0.3, 0.4) is 0 Å². The van der Waals surface area contributed by atoms with Crippen molar-refractivity contribution in [2.24, 2.45) is 0 Å². The highest BCUT2D eigenvalue weighted by molar-refractivity contribution is 6.04. The molecule has 3 aromatic carbocycles. The lowest BCUT2D eigenvalue weighted by atomic mass is 10.1. The summed E-state index contributed by atoms with van der Waals surface area (Å²) in [6.07, 6.45) is 0. The maximum Gasteiger partial charge on any atom is 0.255 e. The number of rotatable bonds is 8. The van der Waals surface area contributed by atoms with Gasteiger partial charge in [-0.05, 0) is 67.9 Å². The van der Waals surface area contributed by atoms with Crippen molar-refractivity contribution in [3.8, 4) is 17.1 Å². The van der Waals surface area contributed by atoms with E-state index in [-0.39, 0.29) is 5.91 Å². The van der Waals surface area contributed by atoms with Crippen molar-refractivity contribution in [1.29, 1.82) is 0 Å². The van der Waals surface area contributed by atoms with Crippen LogP contribution in [0.4, 0.5) is 11.4 Å². The molecule has 0 saturated heterocycles. The number of aryl methyl sites for hydroxylation is 1. The Labute approximate surface area is 186 Å². The summed E-state index contributed by atoms with van der Waals surface area (Å²) in [5, 5.41) is 10.2. The van der Waals surface area contributed by atoms with Crippen LogP contribution in [0.15, 0.2) is 77.3 Å². The van der Waals surface area contributed by atoms with Gasteiger partial charge >= 0.3 is 0 Å². The Morgan fingerprint density at radius 1 is 1.03 bits per heavy atom. The van der Waals surface area contributed by atoms with Gasteiger partial charge in [-0.2, -0.15) is 4.98 Å². The molecule has 1 amide bonds. The van der Waals surface area contributed by atoms with Gasteiger partial charge in [-0.25, -0.2) is 0 Å². The van der Waals surface area contributed by atoms with Gasteiger partial charge in [0.25, 0.3) is 5.91 Å². The van der Waals surface area contributed by atoms with Crippen LogP contribution in [-0.4, -0.2) is 22.7 Å². The van der Waals surface area contributed by atoms with E-state index in [9.17, 15) is 4.79 Å². The molecule has 0 aliphatic heterocycles. The third-order valence-electron chi connectivity index (χ3n) is 4.85. The lowest BCUT2D eigenvalue weighted by Crippen LogP contribution is -2.12. The fourth-order valence-corrected chi connectivity index (χ4v) is 3.16. The Hall–Kier alpha value is -4.13. The van der Waals surface area contributed by atoms with Gasteiger partial charge in [-0.1, -0.05) is 29.4 Å². The van der Waals surface area contributed by atoms with E-state index in [1.807, 2.05) is 80.6 Å². The van der Waals surface area contributed by atoms with Crippen molar-refractivity contribution in [1.82, 2.24) is 10.1 Å². The van der Waals surface area contributed by atoms with Crippen molar-refractivity contribution in [2.45, 2.75) is 20.4 Å². The van der Waals surface area contributed by atoms with E-state index in [4.69, 9.17) is 9.26 Å². The minimum Gasteiger partial charge on any atom is -0.494 e. The van der Waals surface area contributed by atoms with E-state index in [0.29, 0.717) is 30.4 Å². The van der Waals surface area contributed by atoms with Gasteiger partial charge < -0.3 is 19.9 Å². The molecular weight excluding hydrogens is 404 g/mol. The molecule has 162 valence electrons. The summed E-state index contributed by atoms with van der Waals surface area (Å²) in [5.74, 6) is 1.59. The number of carbonyl (C=O) groups excluding carboxylic acids is 1. The predicted molar refractivity (Wildman–Crippen MR) is 124 cm³/mol. The van der Waals surface area contributed by atoms with Gasteiger partial charge in [-0.15, -0.1) is 0 Å². The Morgan fingerprint density at radius 3 is 2.56 bits per heavy atom. The van der Waals surface area contributed by atoms with Crippen molar-refractivity contribution in [3.05, 3.63) is 89.8 Å². The topological polar surface area (TPSA) is 89.3 Å². The summed E-state index contributed by atoms with van der Waals surface area (Å²) in [5.41, 5.74) is 3.99. The number of hydrogen-bond donors (Lipinski definition) is 2. The second-order valence-electron chi connectivity index (χ2n) is 7.17. The Balaban J connectivity index is 1.41. The maximum absolute atomic E-state index is 12.6. The molecule has 4 rings (SSSR count). The Bertz CT molecular complexity index is 1190. The van der Waals surface area contributed by atoms with Crippen LogP contribution in [-0.2, 0) is 6.54 Å². The zero-order valence-electron chi connectivity index (χ0n) is 18.0. The maximum atomic E-state index is 12.6. The Kier molecular flexibility index (Phi) is 6.46. The summed E-state index contributed by atoms with van der Waals surface area (Å²) >= 11 is 0. The van der Waals surface area contributed by atoms with Crippen molar-refractivity contribution in [2.75, 3.05) is 17.2 Å². The van der Waals surface area contributed by atoms with E-state index in [1.54, 1.807) is 6.07 Å². The smallest absolute Gasteiger partial charge is 0.255 e. The first-order chi connectivity index (χ1) is 15.6. The number of ether oxygens (including phenoxy) is 1. The summed E-state index contributed by atoms with van der Waals surface area (Å²) < 4.78 is 10.8. The first kappa shape index (κ1) is 21.1. The third-order valence-corrected chi connectivity index (χ3v) is 4.85. The molecule has 7 nitrogen and oxygen atoms in total. The van der Waals surface area contributed by atoms with E-state index in [1.165, 1.54) is 0 Å². The molecule has 0 bridgehead atoms. The van der Waals surface area contributed by atoms with Crippen LogP contribution in [0.1, 0.15) is 28.7 Å². The first-order valence-electron chi connectivity index (χ1n) is 10.4. The highest BCUT2D eigenvalue weighted by Gasteiger charge is 2.12. The molecule has 1 heterocycles. The zero-order chi connectivity index (χ0) is 22.3. The quantitative estimate of drug-likeness (QED) is 0.395. The molecule has 0 unspecified atom stereocenters. The molecule has 0 atom stereocenters. The SMILES string of the molecule is CCOc1ccc(-c2noc(CNc3cc(C(=O)Nc4ccccc4)ccc3C)n2)cc1. The standard InChI is InChI=1S/C25H24N4O3/c1-3-31-21-13-11-18(12-14-21)24-28-23(32-29-24)16-26-22-15-19(10-9-17(22)2)25(30)27-20-7-5-4-6-8-20/h4-15,26H,3,16H2,1-2H3,(H,27,30). The largest absolute Gasteiger partial charge is 0.494 e. The van der Waals surface area contributed by atoms with Crippen molar-refractivity contribution >= 4 is 17.3 Å². The molecule has 32 heavy (non-hydrogen) atoms. The second kappa shape index (κ2) is 9.78. The van der Waals surface area contributed by atoms with Crippen molar-refractivity contribution < 1.29 is 14.1 Å². The highest BCUT2D eigenvalue weighted by atomic mass is 16.5. The molecule has 4 aromatic rings. The molecule has 7 heteroatoms. The first-order valence-corrected chi connectivity index (χ1v) is 10.4. The van der Waals surface area contributed by atoms with Gasteiger partial charge in [0, 0.05) is 22.5 Å². The number of carbonyl (C=O) groups is 1. The van der Waals surface area contributed by atoms with E-state index < -0.39 is 0 Å². The van der Waals surface area contributed by atoms with Gasteiger partial charge in [0.2, 0.25) is 11.7 Å². The van der Waals surface area contributed by atoms with Crippen LogP contribution in [0.5, 0.6) is 5.75 Å². The summed E-state index contributed by atoms with van der Waals surface area (Å²) in [7, 11) is 0. The lowest BCUT2D eigenvalue weighted by Gasteiger charge is -2.10. The molecule has 0 spiro atoms. The third kappa shape index (κ3) is 5.13. The van der Waals surface area contributed by atoms with Crippen LogP contribution in [0.2, 0.25) is 0 Å². The van der Waals surface area contributed by atoms with E-state index in [0.717, 1.165) is 28.3 Å². The molecule has 0 radical (unpaired) electrons. The number of aromatic nitrogens is 2. The van der Waals surface area contributed by atoms with Gasteiger partial charge in [-0.3, -0.25) is 4.79 Å². The van der Waals surface area contributed by atoms with Crippen LogP contribution < -0.4 is 15.4 Å². The summed E-state index contributed by atoms with van der Waals surface area (Å²) in [4.78, 5) is 17.0. The monoisotopic (exact) mass is 428 g/mol. The molecular formula is C25H24N4O3. The normalized spacial score (nSPS) is 10.6. The fourth-order valence-electron chi connectivity index (χ4n) is 3.16. The lowest BCUT2D eigenvalue weighted by molar-refractivity contribution is 0.102. The molecule has 0 fully saturated rings. The average Bonchev–Trinajstić information content (AvgIpc) is 3.29. The molecule has 1 aromatic heterocycles. The van der Waals surface area contributed by atoms with Crippen molar-refractivity contribution in [3.63, 3.8) is 0 Å². The highest BCUT2D eigenvalue weighted by Crippen LogP contribution is 2.22. The number of nitrogens with zero attached hydrogens (tertiary/aromatic N) is 2. The minimum atomic E-state index is -0.171. The van der Waals surface area contributed by atoms with Crippen LogP contribution in [0.25, 0.3) is 11.4 Å². The molecule has 2 N–H and O–H groups in total. The molecule has 0 aliphatic rings. The average molecular weight is 428 g/mol. The van der Waals surface area contributed by atoms with Gasteiger partial charge in [0.1, 0.15) is 5.75 Å². The Morgan fingerprint density at radius 2 is 1.81 bits per heavy atom. The molecule has 0 saturated carbocycles. The van der Waals surface area contributed by atoms with Gasteiger partial charge in [0.05, 0.1) is 13.2 Å².